The Hall–Kier alpha value is -0.690. The molecule has 0 saturated carbocycles. The zero-order chi connectivity index (χ0) is 12.6. The number of hydrogen-bond donors (Lipinski definition) is 3. The highest BCUT2D eigenvalue weighted by Gasteiger charge is 2.31. The van der Waals surface area contributed by atoms with Crippen molar-refractivity contribution >= 4 is 26.2 Å². The molecular weight excluding hydrogens is 266 g/mol. The highest BCUT2D eigenvalue weighted by molar-refractivity contribution is 7.90. The number of rotatable bonds is 2. The summed E-state index contributed by atoms with van der Waals surface area (Å²) in [4.78, 5) is 17.4. The second-order valence-electron chi connectivity index (χ2n) is 2.85. The van der Waals surface area contributed by atoms with Crippen molar-refractivity contribution in [3.63, 3.8) is 0 Å². The maximum atomic E-state index is 12.2. The van der Waals surface area contributed by atoms with Gasteiger partial charge in [0, 0.05) is 0 Å². The number of thiol groups is 1. The molecule has 0 atom stereocenters. The Kier molecular flexibility index (Phi) is 3.59. The Morgan fingerprint density at radius 3 is 1.94 bits per heavy atom. The van der Waals surface area contributed by atoms with Gasteiger partial charge >= 0.3 is 13.9 Å². The van der Waals surface area contributed by atoms with Crippen LogP contribution < -0.4 is 4.08 Å². The van der Waals surface area contributed by atoms with Gasteiger partial charge in [0.05, 0.1) is 11.3 Å². The number of nitrogens with zero attached hydrogens (tertiary/aromatic N) is 1. The number of benzene rings is 1. The average Bonchev–Trinajstić information content (AvgIpc) is 2.14. The first-order valence-electron chi connectivity index (χ1n) is 3.84. The largest absolute Gasteiger partial charge is 0.439 e. The monoisotopic (exact) mass is 273 g/mol. The third kappa shape index (κ3) is 3.15. The van der Waals surface area contributed by atoms with Crippen LogP contribution in [0.5, 0.6) is 0 Å². The second-order valence-corrected chi connectivity index (χ2v) is 4.99. The van der Waals surface area contributed by atoms with Crippen LogP contribution in [0.2, 0.25) is 0 Å². The van der Waals surface area contributed by atoms with Gasteiger partial charge in [-0.15, -0.1) is 0 Å². The Morgan fingerprint density at radius 1 is 1.19 bits per heavy atom. The summed E-state index contributed by atoms with van der Waals surface area (Å²) in [5, 5.41) is 0. The van der Waals surface area contributed by atoms with Gasteiger partial charge in [-0.3, -0.25) is 0 Å². The number of anilines is 1. The minimum atomic E-state index is -4.62. The Bertz CT molecular complexity index is 416. The molecule has 0 aliphatic heterocycles. The van der Waals surface area contributed by atoms with E-state index in [0.717, 1.165) is 12.1 Å². The Morgan fingerprint density at radius 2 is 1.62 bits per heavy atom. The summed E-state index contributed by atoms with van der Waals surface area (Å²) in [5.41, 5.74) is -1.02. The van der Waals surface area contributed by atoms with Gasteiger partial charge in [-0.05, 0) is 24.3 Å². The molecule has 90 valence electrons. The van der Waals surface area contributed by atoms with Crippen molar-refractivity contribution in [1.29, 1.82) is 0 Å². The molecule has 0 aliphatic carbocycles. The molecule has 9 heteroatoms. The van der Waals surface area contributed by atoms with E-state index in [1.807, 2.05) is 0 Å². The zero-order valence-corrected chi connectivity index (χ0v) is 9.38. The molecule has 1 rings (SSSR count). The zero-order valence-electron chi connectivity index (χ0n) is 7.59. The Balaban J connectivity index is 3.01. The lowest BCUT2D eigenvalue weighted by atomic mass is 10.2. The van der Waals surface area contributed by atoms with Gasteiger partial charge in [-0.25, -0.2) is 8.64 Å². The molecule has 0 radical (unpaired) electrons. The first-order chi connectivity index (χ1) is 7.12. The number of halogens is 3. The van der Waals surface area contributed by atoms with Crippen molar-refractivity contribution < 1.29 is 27.5 Å². The van der Waals surface area contributed by atoms with Gasteiger partial charge in [-0.1, -0.05) is 12.8 Å². The molecule has 0 fully saturated rings. The minimum Gasteiger partial charge on any atom is -0.307 e. The molecule has 0 amide bonds. The lowest BCUT2D eigenvalue weighted by Crippen LogP contribution is -2.08. The van der Waals surface area contributed by atoms with Crippen molar-refractivity contribution in [2.75, 3.05) is 4.08 Å². The molecule has 16 heavy (non-hydrogen) atoms. The molecule has 0 aromatic heterocycles. The maximum absolute atomic E-state index is 12.2. The summed E-state index contributed by atoms with van der Waals surface area (Å²) in [6.45, 7) is 0. The van der Waals surface area contributed by atoms with E-state index in [9.17, 15) is 17.7 Å². The van der Waals surface area contributed by atoms with Crippen molar-refractivity contribution in [3.8, 4) is 0 Å². The fourth-order valence-electron chi connectivity index (χ4n) is 0.934. The van der Waals surface area contributed by atoms with Crippen LogP contribution >= 0.6 is 20.6 Å². The second kappa shape index (κ2) is 4.29. The average molecular weight is 273 g/mol. The van der Waals surface area contributed by atoms with Crippen LogP contribution in [-0.4, -0.2) is 9.79 Å². The smallest absolute Gasteiger partial charge is 0.307 e. The fourth-order valence-corrected chi connectivity index (χ4v) is 1.50. The maximum Gasteiger partial charge on any atom is 0.439 e. The van der Waals surface area contributed by atoms with Crippen LogP contribution in [0.1, 0.15) is 5.56 Å². The highest BCUT2D eigenvalue weighted by Crippen LogP contribution is 2.45. The van der Waals surface area contributed by atoms with Crippen LogP contribution in [-0.2, 0) is 10.7 Å². The molecule has 0 bridgehead atoms. The van der Waals surface area contributed by atoms with Crippen LogP contribution in [0.3, 0.4) is 0 Å². The quantitative estimate of drug-likeness (QED) is 0.572. The molecule has 1 aromatic rings. The van der Waals surface area contributed by atoms with Crippen molar-refractivity contribution in [2.45, 2.75) is 6.18 Å². The topological polar surface area (TPSA) is 60.8 Å². The summed E-state index contributed by atoms with van der Waals surface area (Å²) in [5.74, 6) is 0. The molecular formula is C7H7F3NO3PS. The van der Waals surface area contributed by atoms with E-state index in [-0.39, 0.29) is 5.69 Å². The standard InChI is InChI=1S/C7H7F3NO3PS/c8-7(9,10)5-1-3-6(4-2-5)11(16)15(12,13)14/h1-4,16H,(H2,12,13,14). The van der Waals surface area contributed by atoms with Crippen LogP contribution in [0.4, 0.5) is 18.9 Å². The summed E-state index contributed by atoms with van der Waals surface area (Å²) in [6, 6.07) is 3.28. The molecule has 0 aliphatic rings. The molecule has 0 unspecified atom stereocenters. The number of alkyl halides is 3. The predicted octanol–water partition coefficient (Wildman–Crippen LogP) is 2.45. The lowest BCUT2D eigenvalue weighted by Gasteiger charge is -2.18. The minimum absolute atomic E-state index is 0.121. The van der Waals surface area contributed by atoms with E-state index >= 15 is 0 Å². The van der Waals surface area contributed by atoms with Gasteiger partial charge in [-0.2, -0.15) is 13.2 Å². The van der Waals surface area contributed by atoms with E-state index in [2.05, 4.69) is 12.8 Å². The third-order valence-electron chi connectivity index (χ3n) is 1.67. The highest BCUT2D eigenvalue weighted by atomic mass is 32.1. The van der Waals surface area contributed by atoms with E-state index in [1.54, 1.807) is 0 Å². The van der Waals surface area contributed by atoms with Crippen molar-refractivity contribution in [3.05, 3.63) is 29.8 Å². The predicted molar refractivity (Wildman–Crippen MR) is 55.0 cm³/mol. The van der Waals surface area contributed by atoms with Crippen molar-refractivity contribution in [2.24, 2.45) is 0 Å². The van der Waals surface area contributed by atoms with Crippen LogP contribution in [0, 0.1) is 0 Å². The van der Waals surface area contributed by atoms with E-state index < -0.39 is 19.5 Å². The molecule has 0 heterocycles. The normalized spacial score (nSPS) is 12.6. The van der Waals surface area contributed by atoms with Crippen LogP contribution in [0.15, 0.2) is 24.3 Å². The summed E-state index contributed by atoms with van der Waals surface area (Å²) < 4.78 is 47.5. The number of hydrogen-bond acceptors (Lipinski definition) is 2. The summed E-state index contributed by atoms with van der Waals surface area (Å²) >= 11 is 3.50. The molecule has 2 N–H and O–H groups in total. The van der Waals surface area contributed by atoms with E-state index in [0.29, 0.717) is 16.2 Å². The third-order valence-corrected chi connectivity index (χ3v) is 3.33. The molecule has 0 spiro atoms. The van der Waals surface area contributed by atoms with Crippen molar-refractivity contribution in [1.82, 2.24) is 0 Å². The van der Waals surface area contributed by atoms with Gasteiger partial charge in [0.15, 0.2) is 0 Å². The van der Waals surface area contributed by atoms with Gasteiger partial charge in [0.2, 0.25) is 0 Å². The lowest BCUT2D eigenvalue weighted by molar-refractivity contribution is -0.137. The SMILES string of the molecule is O=P(O)(O)N(S)c1ccc(C(F)(F)F)cc1. The van der Waals surface area contributed by atoms with Crippen LogP contribution in [0.25, 0.3) is 0 Å². The molecule has 1 aromatic carbocycles. The summed E-state index contributed by atoms with van der Waals surface area (Å²) in [6.07, 6.45) is -4.48. The first-order valence-corrected chi connectivity index (χ1v) is 5.81. The Labute approximate surface area is 94.5 Å². The van der Waals surface area contributed by atoms with Gasteiger partial charge in [0.1, 0.15) is 0 Å². The van der Waals surface area contributed by atoms with Gasteiger partial charge in [0.25, 0.3) is 0 Å². The van der Waals surface area contributed by atoms with E-state index in [4.69, 9.17) is 9.79 Å². The van der Waals surface area contributed by atoms with Gasteiger partial charge < -0.3 is 9.79 Å². The fraction of sp³-hybridized carbons (Fsp3) is 0.143. The molecule has 4 nitrogen and oxygen atoms in total. The molecule has 0 saturated heterocycles. The van der Waals surface area contributed by atoms with E-state index in [1.165, 1.54) is 0 Å². The summed E-state index contributed by atoms with van der Waals surface area (Å²) in [7, 11) is -4.62. The first kappa shape index (κ1) is 13.4.